The third-order valence-electron chi connectivity index (χ3n) is 4.25. The molecule has 0 bridgehead atoms. The Balaban J connectivity index is 3.04. The van der Waals surface area contributed by atoms with Crippen LogP contribution in [0.5, 0.6) is 0 Å². The van der Waals surface area contributed by atoms with Crippen molar-refractivity contribution in [3.63, 3.8) is 0 Å². The average molecular weight is 328 g/mol. The highest BCUT2D eigenvalue weighted by molar-refractivity contribution is 6.07. The first kappa shape index (κ1) is 18.9. The average Bonchev–Trinajstić information content (AvgIpc) is 2.87. The van der Waals surface area contributed by atoms with Crippen molar-refractivity contribution in [1.29, 1.82) is 0 Å². The van der Waals surface area contributed by atoms with E-state index in [1.807, 2.05) is 0 Å². The van der Waals surface area contributed by atoms with Crippen molar-refractivity contribution in [2.24, 2.45) is 5.41 Å². The minimum absolute atomic E-state index is 0.260. The number of carbonyl (C=O) groups is 4. The minimum Gasteiger partial charge on any atom is -0.480 e. The molecule has 4 N–H and O–H groups in total. The second-order valence-electron chi connectivity index (χ2n) is 7.06. The summed E-state index contributed by atoms with van der Waals surface area (Å²) in [6.45, 7) is 5.31. The van der Waals surface area contributed by atoms with Crippen LogP contribution < -0.4 is 10.6 Å². The van der Waals surface area contributed by atoms with Gasteiger partial charge in [0.1, 0.15) is 16.5 Å². The predicted octanol–water partition coefficient (Wildman–Crippen LogP) is 0.506. The van der Waals surface area contributed by atoms with Gasteiger partial charge in [-0.25, -0.2) is 9.59 Å². The molecule has 23 heavy (non-hydrogen) atoms. The van der Waals surface area contributed by atoms with Crippen molar-refractivity contribution in [2.75, 3.05) is 0 Å². The van der Waals surface area contributed by atoms with Crippen LogP contribution in [-0.2, 0) is 19.2 Å². The molecule has 1 aliphatic rings. The van der Waals surface area contributed by atoms with E-state index in [1.54, 1.807) is 0 Å². The Labute approximate surface area is 134 Å². The number of hydrogen-bond donors (Lipinski definition) is 4. The Hall–Kier alpha value is -2.12. The number of amides is 2. The zero-order chi connectivity index (χ0) is 18.1. The first-order chi connectivity index (χ1) is 10.3. The summed E-state index contributed by atoms with van der Waals surface area (Å²) in [6.07, 6.45) is 1.80. The van der Waals surface area contributed by atoms with E-state index < -0.39 is 40.2 Å². The molecular weight excluding hydrogens is 304 g/mol. The molecule has 0 radical (unpaired) electrons. The molecule has 0 heterocycles. The quantitative estimate of drug-likeness (QED) is 0.525. The molecule has 1 rings (SSSR count). The van der Waals surface area contributed by atoms with E-state index in [-0.39, 0.29) is 12.8 Å². The molecule has 0 spiro atoms. The molecule has 0 aromatic rings. The largest absolute Gasteiger partial charge is 0.480 e. The zero-order valence-electron chi connectivity index (χ0n) is 13.9. The van der Waals surface area contributed by atoms with Gasteiger partial charge in [0.15, 0.2) is 0 Å². The molecule has 1 aliphatic carbocycles. The number of rotatable bonds is 6. The van der Waals surface area contributed by atoms with Gasteiger partial charge in [0.2, 0.25) is 11.8 Å². The summed E-state index contributed by atoms with van der Waals surface area (Å²) in [6, 6.07) is 0. The van der Waals surface area contributed by atoms with Crippen molar-refractivity contribution >= 4 is 23.8 Å². The first-order valence-electron chi connectivity index (χ1n) is 7.47. The lowest BCUT2D eigenvalue weighted by Crippen LogP contribution is -2.61. The van der Waals surface area contributed by atoms with Crippen molar-refractivity contribution in [3.05, 3.63) is 0 Å². The molecule has 0 unspecified atom stereocenters. The fraction of sp³-hybridized carbons (Fsp3) is 0.733. The highest BCUT2D eigenvalue weighted by Gasteiger charge is 2.51. The number of hydrogen-bond acceptors (Lipinski definition) is 4. The van der Waals surface area contributed by atoms with Gasteiger partial charge in [-0.3, -0.25) is 9.59 Å². The van der Waals surface area contributed by atoms with Crippen molar-refractivity contribution < 1.29 is 29.4 Å². The van der Waals surface area contributed by atoms with E-state index in [1.165, 1.54) is 27.7 Å². The van der Waals surface area contributed by atoms with Gasteiger partial charge in [0, 0.05) is 0 Å². The maximum atomic E-state index is 12.6. The third kappa shape index (κ3) is 3.80. The van der Waals surface area contributed by atoms with Crippen LogP contribution in [0.3, 0.4) is 0 Å². The Bertz CT molecular complexity index is 490. The van der Waals surface area contributed by atoms with Crippen LogP contribution in [0.15, 0.2) is 0 Å². The van der Waals surface area contributed by atoms with E-state index >= 15 is 0 Å². The normalized spacial score (nSPS) is 17.4. The molecule has 0 aromatic heterocycles. The molecule has 0 aromatic carbocycles. The van der Waals surface area contributed by atoms with E-state index in [9.17, 15) is 19.2 Å². The lowest BCUT2D eigenvalue weighted by molar-refractivity contribution is -0.154. The van der Waals surface area contributed by atoms with Crippen LogP contribution in [0, 0.1) is 5.41 Å². The third-order valence-corrected chi connectivity index (χ3v) is 4.25. The summed E-state index contributed by atoms with van der Waals surface area (Å²) in [5.41, 5.74) is -4.47. The molecule has 0 atom stereocenters. The van der Waals surface area contributed by atoms with Gasteiger partial charge < -0.3 is 20.8 Å². The van der Waals surface area contributed by atoms with Gasteiger partial charge >= 0.3 is 11.9 Å². The van der Waals surface area contributed by atoms with E-state index in [0.29, 0.717) is 12.8 Å². The van der Waals surface area contributed by atoms with E-state index in [2.05, 4.69) is 10.6 Å². The van der Waals surface area contributed by atoms with Gasteiger partial charge in [0.05, 0.1) is 0 Å². The van der Waals surface area contributed by atoms with Crippen LogP contribution in [0.2, 0.25) is 0 Å². The number of carboxylic acid groups (broad SMARTS) is 2. The molecule has 8 nitrogen and oxygen atoms in total. The Morgan fingerprint density at radius 1 is 0.783 bits per heavy atom. The highest BCUT2D eigenvalue weighted by Crippen LogP contribution is 2.39. The van der Waals surface area contributed by atoms with Crippen LogP contribution >= 0.6 is 0 Å². The van der Waals surface area contributed by atoms with E-state index in [4.69, 9.17) is 10.2 Å². The predicted molar refractivity (Wildman–Crippen MR) is 80.6 cm³/mol. The lowest BCUT2D eigenvalue weighted by atomic mass is 9.82. The molecule has 0 aliphatic heterocycles. The molecule has 1 saturated carbocycles. The molecule has 8 heteroatoms. The molecule has 0 saturated heterocycles. The SMILES string of the molecule is CC(C)(NC(=O)C1(C(=O)NC(C)(C)C(=O)O)CCCC1)C(=O)O. The topological polar surface area (TPSA) is 133 Å². The lowest BCUT2D eigenvalue weighted by Gasteiger charge is -2.33. The smallest absolute Gasteiger partial charge is 0.328 e. The van der Waals surface area contributed by atoms with Gasteiger partial charge in [-0.05, 0) is 40.5 Å². The second-order valence-corrected chi connectivity index (χ2v) is 7.06. The van der Waals surface area contributed by atoms with Crippen LogP contribution in [0.25, 0.3) is 0 Å². The summed E-state index contributed by atoms with van der Waals surface area (Å²) in [4.78, 5) is 47.5. The summed E-state index contributed by atoms with van der Waals surface area (Å²) in [7, 11) is 0. The molecule has 1 fully saturated rings. The molecular formula is C15H24N2O6. The van der Waals surface area contributed by atoms with Gasteiger partial charge in [-0.2, -0.15) is 0 Å². The first-order valence-corrected chi connectivity index (χ1v) is 7.47. The number of carbonyl (C=O) groups excluding carboxylic acids is 2. The maximum Gasteiger partial charge on any atom is 0.328 e. The fourth-order valence-electron chi connectivity index (χ4n) is 2.45. The van der Waals surface area contributed by atoms with Crippen molar-refractivity contribution in [2.45, 2.75) is 64.5 Å². The molecule has 130 valence electrons. The van der Waals surface area contributed by atoms with Crippen LogP contribution in [0.1, 0.15) is 53.4 Å². The van der Waals surface area contributed by atoms with Crippen LogP contribution in [0.4, 0.5) is 0 Å². The summed E-state index contributed by atoms with van der Waals surface area (Å²) in [5, 5.41) is 23.0. The number of aliphatic carboxylic acids is 2. The Morgan fingerprint density at radius 2 is 1.09 bits per heavy atom. The fourth-order valence-corrected chi connectivity index (χ4v) is 2.45. The standard InChI is InChI=1S/C15H24N2O6/c1-13(2,11(20)21)16-9(18)15(7-5-6-8-15)10(19)17-14(3,4)12(22)23/h5-8H2,1-4H3,(H,16,18)(H,17,19)(H,20,21)(H,22,23). The van der Waals surface area contributed by atoms with Gasteiger partial charge in [-0.1, -0.05) is 12.8 Å². The summed E-state index contributed by atoms with van der Waals surface area (Å²) in [5.74, 6) is -3.79. The summed E-state index contributed by atoms with van der Waals surface area (Å²) < 4.78 is 0. The second kappa shape index (κ2) is 6.17. The van der Waals surface area contributed by atoms with Gasteiger partial charge in [-0.15, -0.1) is 0 Å². The van der Waals surface area contributed by atoms with E-state index in [0.717, 1.165) is 0 Å². The Morgan fingerprint density at radius 3 is 1.35 bits per heavy atom. The molecule has 2 amide bonds. The maximum absolute atomic E-state index is 12.6. The minimum atomic E-state index is -1.52. The highest BCUT2D eigenvalue weighted by atomic mass is 16.4. The monoisotopic (exact) mass is 328 g/mol. The van der Waals surface area contributed by atoms with Crippen LogP contribution in [-0.4, -0.2) is 45.0 Å². The summed E-state index contributed by atoms with van der Waals surface area (Å²) >= 11 is 0. The zero-order valence-corrected chi connectivity index (χ0v) is 13.9. The Kier molecular flexibility index (Phi) is 5.08. The van der Waals surface area contributed by atoms with Crippen molar-refractivity contribution in [3.8, 4) is 0 Å². The van der Waals surface area contributed by atoms with Crippen molar-refractivity contribution in [1.82, 2.24) is 10.6 Å². The number of carboxylic acids is 2. The van der Waals surface area contributed by atoms with Gasteiger partial charge in [0.25, 0.3) is 0 Å². The number of nitrogens with one attached hydrogen (secondary N) is 2.